The lowest BCUT2D eigenvalue weighted by molar-refractivity contribution is -0.0412. The summed E-state index contributed by atoms with van der Waals surface area (Å²) in [6.45, 7) is 8.21. The highest BCUT2D eigenvalue weighted by Gasteiger charge is 2.62. The third kappa shape index (κ3) is 2.86. The van der Waals surface area contributed by atoms with E-state index >= 15 is 0 Å². The van der Waals surface area contributed by atoms with E-state index in [2.05, 4.69) is 13.8 Å². The number of benzene rings is 2. The molecule has 0 bridgehead atoms. The van der Waals surface area contributed by atoms with Gasteiger partial charge in [0.1, 0.15) is 11.5 Å². The Hall–Kier alpha value is -2.08. The Balaban J connectivity index is 1.69. The molecule has 126 valence electrons. The van der Waals surface area contributed by atoms with Gasteiger partial charge in [0.25, 0.3) is 0 Å². The summed E-state index contributed by atoms with van der Waals surface area (Å²) in [4.78, 5) is 0. The van der Waals surface area contributed by atoms with Crippen LogP contribution in [-0.4, -0.2) is 12.7 Å². The first-order valence-electron chi connectivity index (χ1n) is 7.77. The molecule has 1 aliphatic heterocycles. The summed E-state index contributed by atoms with van der Waals surface area (Å²) in [6.07, 6.45) is 0. The van der Waals surface area contributed by atoms with Crippen LogP contribution < -0.4 is 9.39 Å². The Kier molecular flexibility index (Phi) is 4.04. The van der Waals surface area contributed by atoms with Crippen LogP contribution in [0.1, 0.15) is 27.7 Å². The zero-order valence-electron chi connectivity index (χ0n) is 14.1. The van der Waals surface area contributed by atoms with Crippen LogP contribution in [0.4, 0.5) is 8.78 Å². The summed E-state index contributed by atoms with van der Waals surface area (Å²) < 4.78 is 44.0. The number of ether oxygens (including phenoxy) is 1. The van der Waals surface area contributed by atoms with E-state index in [1.54, 1.807) is 24.3 Å². The van der Waals surface area contributed by atoms with Crippen molar-refractivity contribution in [3.8, 4) is 17.2 Å². The lowest BCUT2D eigenvalue weighted by atomic mass is 9.45. The second-order valence-corrected chi connectivity index (χ2v) is 6.92. The number of hydrogen-bond acceptors (Lipinski definition) is 3. The van der Waals surface area contributed by atoms with Gasteiger partial charge in [-0.15, -0.1) is 0 Å². The van der Waals surface area contributed by atoms with Crippen molar-refractivity contribution in [3.63, 3.8) is 0 Å². The maximum atomic E-state index is 13.6. The van der Waals surface area contributed by atoms with Crippen molar-refractivity contribution in [2.45, 2.75) is 38.6 Å². The average Bonchev–Trinajstić information content (AvgIpc) is 2.52. The van der Waals surface area contributed by atoms with Gasteiger partial charge in [0.2, 0.25) is 0 Å². The lowest BCUT2D eigenvalue weighted by Crippen LogP contribution is -2.64. The van der Waals surface area contributed by atoms with Crippen LogP contribution in [0.3, 0.4) is 0 Å². The predicted octanol–water partition coefficient (Wildman–Crippen LogP) is 5.21. The minimum absolute atomic E-state index is 0.127. The molecule has 3 nitrogen and oxygen atoms in total. The summed E-state index contributed by atoms with van der Waals surface area (Å²) in [7, 11) is -0.344. The van der Waals surface area contributed by atoms with Crippen LogP contribution in [0.2, 0.25) is 5.31 Å². The van der Waals surface area contributed by atoms with Crippen molar-refractivity contribution >= 4 is 7.12 Å². The standard InChI is InChI=1S/C18H19BF2O3/c1-17(2)18(3,4)24-19(17)23-13-10-8-12(9-11-13)22-16-14(20)6-5-7-15(16)21/h5-11H,1-4H3. The minimum atomic E-state index is -0.748. The van der Waals surface area contributed by atoms with Gasteiger partial charge in [-0.2, -0.15) is 0 Å². The smallest absolute Gasteiger partial charge is 0.534 e. The average molecular weight is 332 g/mol. The van der Waals surface area contributed by atoms with Crippen LogP contribution >= 0.6 is 0 Å². The third-order valence-corrected chi connectivity index (χ3v) is 4.75. The van der Waals surface area contributed by atoms with Gasteiger partial charge in [0.15, 0.2) is 17.4 Å². The molecular weight excluding hydrogens is 313 g/mol. The molecule has 0 spiro atoms. The second kappa shape index (κ2) is 5.78. The number of hydrogen-bond donors (Lipinski definition) is 0. The summed E-state index contributed by atoms with van der Waals surface area (Å²) in [5.41, 5.74) is -0.247. The number of rotatable bonds is 4. The molecule has 1 aliphatic rings. The molecule has 24 heavy (non-hydrogen) atoms. The number of para-hydroxylation sites is 1. The van der Waals surface area contributed by atoms with Crippen molar-refractivity contribution in [1.29, 1.82) is 0 Å². The lowest BCUT2D eigenvalue weighted by Gasteiger charge is -2.54. The van der Waals surface area contributed by atoms with Crippen molar-refractivity contribution in [3.05, 3.63) is 54.1 Å². The SMILES string of the molecule is CC1(C)OB(Oc2ccc(Oc3c(F)cccc3F)cc2)C1(C)C. The maximum Gasteiger partial charge on any atom is 0.534 e. The summed E-state index contributed by atoms with van der Waals surface area (Å²) in [6, 6.07) is 10.1. The molecule has 2 aromatic carbocycles. The molecule has 3 rings (SSSR count). The van der Waals surface area contributed by atoms with E-state index in [1.807, 2.05) is 13.8 Å². The highest BCUT2D eigenvalue weighted by atomic mass is 19.1. The van der Waals surface area contributed by atoms with Gasteiger partial charge in [0, 0.05) is 5.31 Å². The fourth-order valence-corrected chi connectivity index (χ4v) is 2.37. The van der Waals surface area contributed by atoms with Crippen molar-refractivity contribution in [2.75, 3.05) is 0 Å². The van der Waals surface area contributed by atoms with Crippen LogP contribution in [0.5, 0.6) is 17.2 Å². The second-order valence-electron chi connectivity index (χ2n) is 6.92. The van der Waals surface area contributed by atoms with Crippen molar-refractivity contribution in [1.82, 2.24) is 0 Å². The molecule has 0 N–H and O–H groups in total. The predicted molar refractivity (Wildman–Crippen MR) is 88.5 cm³/mol. The first-order chi connectivity index (χ1) is 11.2. The zero-order chi connectivity index (χ0) is 17.5. The Morgan fingerprint density at radius 2 is 1.42 bits per heavy atom. The van der Waals surface area contributed by atoms with Gasteiger partial charge in [-0.05, 0) is 50.2 Å². The topological polar surface area (TPSA) is 27.7 Å². The zero-order valence-corrected chi connectivity index (χ0v) is 14.1. The Morgan fingerprint density at radius 3 is 1.92 bits per heavy atom. The van der Waals surface area contributed by atoms with Gasteiger partial charge in [-0.3, -0.25) is 0 Å². The minimum Gasteiger partial charge on any atom is -0.536 e. The van der Waals surface area contributed by atoms with E-state index in [-0.39, 0.29) is 18.0 Å². The first kappa shape index (κ1) is 16.8. The Bertz CT molecular complexity index is 724. The molecule has 1 heterocycles. The van der Waals surface area contributed by atoms with Gasteiger partial charge >= 0.3 is 7.12 Å². The van der Waals surface area contributed by atoms with Crippen molar-refractivity contribution in [2.24, 2.45) is 0 Å². The van der Waals surface area contributed by atoms with E-state index < -0.39 is 17.4 Å². The molecule has 0 unspecified atom stereocenters. The van der Waals surface area contributed by atoms with E-state index in [1.165, 1.54) is 6.07 Å². The van der Waals surface area contributed by atoms with Crippen LogP contribution in [-0.2, 0) is 4.65 Å². The molecule has 0 aromatic heterocycles. The highest BCUT2D eigenvalue weighted by molar-refractivity contribution is 6.53. The molecule has 1 fully saturated rings. The molecule has 2 aromatic rings. The monoisotopic (exact) mass is 332 g/mol. The van der Waals surface area contributed by atoms with E-state index in [0.717, 1.165) is 12.1 Å². The van der Waals surface area contributed by atoms with Crippen LogP contribution in [0.15, 0.2) is 42.5 Å². The van der Waals surface area contributed by atoms with Gasteiger partial charge in [-0.1, -0.05) is 19.9 Å². The number of halogens is 2. The summed E-state index contributed by atoms with van der Waals surface area (Å²) in [5.74, 6) is -0.994. The van der Waals surface area contributed by atoms with Gasteiger partial charge < -0.3 is 14.0 Å². The summed E-state index contributed by atoms with van der Waals surface area (Å²) in [5, 5.41) is -0.127. The molecule has 0 amide bonds. The normalized spacial score (nSPS) is 18.0. The Morgan fingerprint density at radius 1 is 0.875 bits per heavy atom. The molecule has 1 saturated heterocycles. The molecule has 0 radical (unpaired) electrons. The van der Waals surface area contributed by atoms with Gasteiger partial charge in [0.05, 0.1) is 5.60 Å². The molecule has 0 saturated carbocycles. The van der Waals surface area contributed by atoms with Crippen LogP contribution in [0.25, 0.3) is 0 Å². The third-order valence-electron chi connectivity index (χ3n) is 4.75. The highest BCUT2D eigenvalue weighted by Crippen LogP contribution is 2.53. The molecular formula is C18H19BF2O3. The maximum absolute atomic E-state index is 13.6. The summed E-state index contributed by atoms with van der Waals surface area (Å²) >= 11 is 0. The largest absolute Gasteiger partial charge is 0.536 e. The fourth-order valence-electron chi connectivity index (χ4n) is 2.37. The Labute approximate surface area is 140 Å². The van der Waals surface area contributed by atoms with E-state index in [9.17, 15) is 8.78 Å². The molecule has 6 heteroatoms. The van der Waals surface area contributed by atoms with Crippen molar-refractivity contribution < 1.29 is 22.8 Å². The molecule has 0 atom stereocenters. The first-order valence-corrected chi connectivity index (χ1v) is 7.77. The van der Waals surface area contributed by atoms with Crippen LogP contribution in [0, 0.1) is 11.6 Å². The quantitative estimate of drug-likeness (QED) is 0.719. The fraction of sp³-hybridized carbons (Fsp3) is 0.333. The van der Waals surface area contributed by atoms with E-state index in [0.29, 0.717) is 11.5 Å². The molecule has 0 aliphatic carbocycles. The van der Waals surface area contributed by atoms with E-state index in [4.69, 9.17) is 14.0 Å². The van der Waals surface area contributed by atoms with Gasteiger partial charge in [-0.25, -0.2) is 8.78 Å².